The summed E-state index contributed by atoms with van der Waals surface area (Å²) in [5, 5.41) is 0. The summed E-state index contributed by atoms with van der Waals surface area (Å²) in [5.74, 6) is 0. The van der Waals surface area contributed by atoms with Gasteiger partial charge in [0.05, 0.1) is 39.6 Å². The molecule has 0 N–H and O–H groups in total. The molecule has 2 aromatic carbocycles. The van der Waals surface area contributed by atoms with Crippen LogP contribution in [0.3, 0.4) is 0 Å². The van der Waals surface area contributed by atoms with E-state index < -0.39 is 0 Å². The molecule has 44 heavy (non-hydrogen) atoms. The highest BCUT2D eigenvalue weighted by Crippen LogP contribution is 2.30. The topological polar surface area (TPSA) is 36.9 Å². The number of benzene rings is 2. The number of hydrogen-bond donors (Lipinski definition) is 0. The van der Waals surface area contributed by atoms with Crippen molar-refractivity contribution in [3.63, 3.8) is 0 Å². The van der Waals surface area contributed by atoms with Gasteiger partial charge in [0.15, 0.2) is 0 Å². The van der Waals surface area contributed by atoms with Gasteiger partial charge in [-0.15, -0.1) is 22.7 Å². The van der Waals surface area contributed by atoms with Crippen LogP contribution in [0.15, 0.2) is 72.8 Å². The second-order valence-electron chi connectivity index (χ2n) is 10.8. The van der Waals surface area contributed by atoms with E-state index >= 15 is 0 Å². The van der Waals surface area contributed by atoms with Gasteiger partial charge in [0.1, 0.15) is 0 Å². The largest absolute Gasteiger partial charge is 0.379 e. The maximum Gasteiger partial charge on any atom is 0.0700 e. The van der Waals surface area contributed by atoms with Crippen molar-refractivity contribution in [1.82, 2.24) is 0 Å². The van der Waals surface area contributed by atoms with Crippen LogP contribution in [0.25, 0.3) is 33.0 Å². The van der Waals surface area contributed by atoms with Gasteiger partial charge in [0.2, 0.25) is 0 Å². The Morgan fingerprint density at radius 1 is 0.455 bits per heavy atom. The standard InChI is InChI=1S/C38H48O4S2/c1-3-5-23-39-27-29-41-25-21-35-17-19-37(43-35)33-13-9-31(10-14-33)7-8-32-11-15-34(16-12-32)38-20-18-36(44-38)22-26-42-30-28-40-24-6-4-2/h7-20H,3-6,21-30H2,1-2H3. The van der Waals surface area contributed by atoms with E-state index in [9.17, 15) is 0 Å². The van der Waals surface area contributed by atoms with Crippen molar-refractivity contribution in [1.29, 1.82) is 0 Å². The fourth-order valence-corrected chi connectivity index (χ4v) is 6.51. The van der Waals surface area contributed by atoms with Crippen LogP contribution in [0.5, 0.6) is 0 Å². The van der Waals surface area contributed by atoms with E-state index in [2.05, 4.69) is 98.8 Å². The molecule has 0 fully saturated rings. The average molecular weight is 633 g/mol. The van der Waals surface area contributed by atoms with Gasteiger partial charge in [-0.2, -0.15) is 0 Å². The molecule has 0 aliphatic rings. The van der Waals surface area contributed by atoms with Crippen LogP contribution in [0.1, 0.15) is 60.4 Å². The second-order valence-corrected chi connectivity index (χ2v) is 13.1. The molecule has 236 valence electrons. The SMILES string of the molecule is CCCCOCCOCCc1ccc(-c2ccc(C=Cc3ccc(-c4ccc(CCOCCOCCCC)s4)cc3)cc2)s1. The minimum Gasteiger partial charge on any atom is -0.379 e. The predicted octanol–water partition coefficient (Wildman–Crippen LogP) is 10.1. The van der Waals surface area contributed by atoms with Gasteiger partial charge < -0.3 is 18.9 Å². The zero-order valence-electron chi connectivity index (χ0n) is 26.4. The number of hydrogen-bond acceptors (Lipinski definition) is 6. The molecule has 2 aromatic heterocycles. The van der Waals surface area contributed by atoms with Crippen molar-refractivity contribution in [2.75, 3.05) is 52.9 Å². The first-order valence-electron chi connectivity index (χ1n) is 16.1. The van der Waals surface area contributed by atoms with E-state index in [0.717, 1.165) is 52.1 Å². The van der Waals surface area contributed by atoms with Gasteiger partial charge >= 0.3 is 0 Å². The molecular weight excluding hydrogens is 585 g/mol. The smallest absolute Gasteiger partial charge is 0.0700 e. The zero-order chi connectivity index (χ0) is 30.7. The Hall–Kier alpha value is -2.58. The lowest BCUT2D eigenvalue weighted by molar-refractivity contribution is 0.0480. The first-order chi connectivity index (χ1) is 21.7. The molecule has 0 spiro atoms. The van der Waals surface area contributed by atoms with E-state index in [4.69, 9.17) is 18.9 Å². The molecule has 0 aliphatic heterocycles. The molecule has 0 bridgehead atoms. The molecule has 0 amide bonds. The van der Waals surface area contributed by atoms with Gasteiger partial charge in [-0.05, 0) is 59.4 Å². The molecule has 0 aliphatic carbocycles. The lowest BCUT2D eigenvalue weighted by atomic mass is 10.1. The lowest BCUT2D eigenvalue weighted by Crippen LogP contribution is -2.07. The first-order valence-corrected chi connectivity index (χ1v) is 17.8. The molecule has 4 aromatic rings. The first kappa shape index (κ1) is 34.3. The summed E-state index contributed by atoms with van der Waals surface area (Å²) in [7, 11) is 0. The van der Waals surface area contributed by atoms with Gasteiger partial charge in [-0.1, -0.05) is 87.4 Å². The Morgan fingerprint density at radius 2 is 0.841 bits per heavy atom. The van der Waals surface area contributed by atoms with Crippen LogP contribution < -0.4 is 0 Å². The number of thiophene rings is 2. The molecule has 0 saturated heterocycles. The summed E-state index contributed by atoms with van der Waals surface area (Å²) in [5.41, 5.74) is 4.90. The Bertz CT molecular complexity index is 1230. The molecular formula is C38H48O4S2. The zero-order valence-corrected chi connectivity index (χ0v) is 28.1. The molecule has 0 atom stereocenters. The Kier molecular flexibility index (Phi) is 15.9. The van der Waals surface area contributed by atoms with Crippen LogP contribution >= 0.6 is 22.7 Å². The van der Waals surface area contributed by atoms with Gasteiger partial charge in [0.25, 0.3) is 0 Å². The molecule has 4 nitrogen and oxygen atoms in total. The van der Waals surface area contributed by atoms with Crippen molar-refractivity contribution >= 4 is 34.8 Å². The van der Waals surface area contributed by atoms with E-state index in [1.54, 1.807) is 0 Å². The van der Waals surface area contributed by atoms with Gasteiger partial charge in [-0.3, -0.25) is 0 Å². The molecule has 2 heterocycles. The highest BCUT2D eigenvalue weighted by molar-refractivity contribution is 7.15. The van der Waals surface area contributed by atoms with Gasteiger partial charge in [0, 0.05) is 45.6 Å². The van der Waals surface area contributed by atoms with E-state index in [0.29, 0.717) is 26.4 Å². The minimum atomic E-state index is 0.670. The van der Waals surface area contributed by atoms with E-state index in [-0.39, 0.29) is 0 Å². The number of unbranched alkanes of at least 4 members (excludes halogenated alkanes) is 2. The highest BCUT2D eigenvalue weighted by atomic mass is 32.1. The minimum absolute atomic E-state index is 0.670. The molecule has 0 radical (unpaired) electrons. The van der Waals surface area contributed by atoms with Crippen molar-refractivity contribution in [3.05, 3.63) is 93.7 Å². The van der Waals surface area contributed by atoms with Gasteiger partial charge in [-0.25, -0.2) is 0 Å². The maximum atomic E-state index is 5.74. The van der Waals surface area contributed by atoms with Crippen molar-refractivity contribution in [2.45, 2.75) is 52.4 Å². The summed E-state index contributed by atoms with van der Waals surface area (Å²) < 4.78 is 22.6. The summed E-state index contributed by atoms with van der Waals surface area (Å²) in [6.45, 7) is 10.2. The van der Waals surface area contributed by atoms with Crippen molar-refractivity contribution in [3.8, 4) is 20.9 Å². The molecule has 0 unspecified atom stereocenters. The molecule has 6 heteroatoms. The monoisotopic (exact) mass is 632 g/mol. The van der Waals surface area contributed by atoms with Crippen molar-refractivity contribution < 1.29 is 18.9 Å². The van der Waals surface area contributed by atoms with Crippen LogP contribution in [-0.4, -0.2) is 52.9 Å². The maximum absolute atomic E-state index is 5.74. The summed E-state index contributed by atoms with van der Waals surface area (Å²) in [6, 6.07) is 26.5. The Labute approximate surface area is 272 Å². The normalized spacial score (nSPS) is 11.6. The molecule has 0 saturated carbocycles. The summed E-state index contributed by atoms with van der Waals surface area (Å²) in [4.78, 5) is 5.30. The third-order valence-electron chi connectivity index (χ3n) is 7.20. The second kappa shape index (κ2) is 20.5. The van der Waals surface area contributed by atoms with Crippen LogP contribution in [-0.2, 0) is 31.8 Å². The average Bonchev–Trinajstić information content (AvgIpc) is 3.73. The third-order valence-corrected chi connectivity index (χ3v) is 9.58. The van der Waals surface area contributed by atoms with Crippen molar-refractivity contribution in [2.24, 2.45) is 0 Å². The lowest BCUT2D eigenvalue weighted by Gasteiger charge is -2.04. The van der Waals surface area contributed by atoms with E-state index in [1.165, 1.54) is 54.6 Å². The van der Waals surface area contributed by atoms with E-state index in [1.807, 2.05) is 22.7 Å². The fraction of sp³-hybridized carbons (Fsp3) is 0.421. The fourth-order valence-electron chi connectivity index (χ4n) is 4.53. The predicted molar refractivity (Wildman–Crippen MR) is 189 cm³/mol. The third kappa shape index (κ3) is 12.4. The summed E-state index contributed by atoms with van der Waals surface area (Å²) in [6.07, 6.45) is 10.8. The van der Waals surface area contributed by atoms with Crippen LogP contribution in [0.4, 0.5) is 0 Å². The number of ether oxygens (including phenoxy) is 4. The quantitative estimate of drug-likeness (QED) is 0.0638. The number of rotatable bonds is 22. The van der Waals surface area contributed by atoms with Crippen LogP contribution in [0, 0.1) is 0 Å². The highest BCUT2D eigenvalue weighted by Gasteiger charge is 2.05. The molecule has 4 rings (SSSR count). The Morgan fingerprint density at radius 3 is 1.23 bits per heavy atom. The Balaban J connectivity index is 1.17. The summed E-state index contributed by atoms with van der Waals surface area (Å²) >= 11 is 3.69. The van der Waals surface area contributed by atoms with Crippen LogP contribution in [0.2, 0.25) is 0 Å².